The van der Waals surface area contributed by atoms with Gasteiger partial charge in [0.15, 0.2) is 17.3 Å². The topological polar surface area (TPSA) is 75.0 Å². The Kier molecular flexibility index (Phi) is 3.42. The lowest BCUT2D eigenvalue weighted by Gasteiger charge is -2.11. The number of rotatable bonds is 3. The third-order valence-electron chi connectivity index (χ3n) is 3.71. The first-order valence-corrected chi connectivity index (χ1v) is 7.49. The van der Waals surface area contributed by atoms with Crippen LogP contribution >= 0.6 is 11.6 Å². The Bertz CT molecular complexity index is 1060. The number of benzene rings is 2. The van der Waals surface area contributed by atoms with Crippen LogP contribution in [0.3, 0.4) is 0 Å². The van der Waals surface area contributed by atoms with Gasteiger partial charge in [-0.15, -0.1) is 5.10 Å². The Hall–Kier alpha value is -2.93. The van der Waals surface area contributed by atoms with Crippen molar-refractivity contribution in [3.05, 3.63) is 41.7 Å². The van der Waals surface area contributed by atoms with Crippen molar-refractivity contribution < 1.29 is 9.47 Å². The van der Waals surface area contributed by atoms with Gasteiger partial charge in [-0.2, -0.15) is 9.67 Å². The van der Waals surface area contributed by atoms with Gasteiger partial charge in [0.25, 0.3) is 0 Å². The van der Waals surface area contributed by atoms with Crippen LogP contribution in [0.25, 0.3) is 27.8 Å². The molecule has 0 atom stereocenters. The minimum absolute atomic E-state index is 0.115. The molecule has 8 heteroatoms. The van der Waals surface area contributed by atoms with Crippen molar-refractivity contribution in [2.45, 2.75) is 0 Å². The van der Waals surface area contributed by atoms with E-state index < -0.39 is 0 Å². The second kappa shape index (κ2) is 5.61. The van der Waals surface area contributed by atoms with Gasteiger partial charge in [-0.25, -0.2) is 4.98 Å². The molecular weight excluding hydrogens is 330 g/mol. The summed E-state index contributed by atoms with van der Waals surface area (Å²) in [4.78, 5) is 8.61. The van der Waals surface area contributed by atoms with E-state index in [0.29, 0.717) is 22.8 Å². The van der Waals surface area contributed by atoms with Crippen molar-refractivity contribution in [1.29, 1.82) is 0 Å². The molecule has 4 rings (SSSR count). The van der Waals surface area contributed by atoms with Crippen LogP contribution in [0.2, 0.25) is 5.28 Å². The summed E-state index contributed by atoms with van der Waals surface area (Å²) in [6.45, 7) is 0. The number of ether oxygens (including phenoxy) is 2. The van der Waals surface area contributed by atoms with Crippen LogP contribution in [0, 0.1) is 0 Å². The molecule has 0 aliphatic carbocycles. The Labute approximate surface area is 141 Å². The quantitative estimate of drug-likeness (QED) is 0.533. The molecule has 0 aliphatic rings. The highest BCUT2D eigenvalue weighted by molar-refractivity contribution is 6.28. The molecule has 4 aromatic rings. The molecule has 2 aromatic heterocycles. The molecular formula is C16H12ClN5O2. The summed E-state index contributed by atoms with van der Waals surface area (Å²) in [5.74, 6) is 1.66. The zero-order valence-electron chi connectivity index (χ0n) is 12.9. The van der Waals surface area contributed by atoms with Gasteiger partial charge in [-0.1, -0.05) is 17.3 Å². The maximum Gasteiger partial charge on any atom is 0.224 e. The molecule has 0 unspecified atom stereocenters. The number of methoxy groups -OCH3 is 2. The lowest BCUT2D eigenvalue weighted by molar-refractivity contribution is 0.355. The summed E-state index contributed by atoms with van der Waals surface area (Å²) in [5, 5.41) is 9.21. The van der Waals surface area contributed by atoms with Crippen LogP contribution in [0.15, 0.2) is 36.4 Å². The van der Waals surface area contributed by atoms with E-state index in [2.05, 4.69) is 20.3 Å². The Morgan fingerprint density at radius 2 is 1.71 bits per heavy atom. The highest BCUT2D eigenvalue weighted by atomic mass is 35.5. The van der Waals surface area contributed by atoms with Gasteiger partial charge in [0.05, 0.1) is 25.3 Å². The van der Waals surface area contributed by atoms with E-state index in [1.165, 1.54) is 0 Å². The van der Waals surface area contributed by atoms with E-state index in [0.717, 1.165) is 16.4 Å². The molecule has 0 amide bonds. The summed E-state index contributed by atoms with van der Waals surface area (Å²) in [6.07, 6.45) is 0. The minimum atomic E-state index is 0.115. The number of halogens is 1. The normalized spacial score (nSPS) is 11.1. The van der Waals surface area contributed by atoms with Crippen LogP contribution < -0.4 is 9.47 Å². The third-order valence-corrected chi connectivity index (χ3v) is 3.88. The van der Waals surface area contributed by atoms with Gasteiger partial charge in [0.2, 0.25) is 5.28 Å². The zero-order chi connectivity index (χ0) is 16.7. The molecule has 0 spiro atoms. The fourth-order valence-electron chi connectivity index (χ4n) is 2.60. The predicted octanol–water partition coefficient (Wildman–Crippen LogP) is 3.03. The van der Waals surface area contributed by atoms with E-state index in [9.17, 15) is 0 Å². The highest BCUT2D eigenvalue weighted by Crippen LogP contribution is 2.34. The van der Waals surface area contributed by atoms with Gasteiger partial charge in [-0.3, -0.25) is 0 Å². The molecule has 0 aliphatic heterocycles. The van der Waals surface area contributed by atoms with Crippen LogP contribution in [0.4, 0.5) is 0 Å². The number of para-hydroxylation sites is 1. The average molecular weight is 342 g/mol. The van der Waals surface area contributed by atoms with E-state index in [-0.39, 0.29) is 5.28 Å². The molecule has 7 nitrogen and oxygen atoms in total. The van der Waals surface area contributed by atoms with E-state index in [4.69, 9.17) is 21.1 Å². The first kappa shape index (κ1) is 14.6. The van der Waals surface area contributed by atoms with Crippen LogP contribution in [0.1, 0.15) is 0 Å². The van der Waals surface area contributed by atoms with Crippen molar-refractivity contribution in [2.24, 2.45) is 0 Å². The highest BCUT2D eigenvalue weighted by Gasteiger charge is 2.16. The van der Waals surface area contributed by atoms with E-state index in [1.54, 1.807) is 31.0 Å². The fourth-order valence-corrected chi connectivity index (χ4v) is 2.77. The number of nitrogens with zero attached hydrogens (tertiary/aromatic N) is 5. The Balaban J connectivity index is 2.07. The van der Waals surface area contributed by atoms with Gasteiger partial charge in [-0.05, 0) is 29.8 Å². The van der Waals surface area contributed by atoms with Crippen molar-refractivity contribution in [3.8, 4) is 17.3 Å². The van der Waals surface area contributed by atoms with Gasteiger partial charge in [0, 0.05) is 11.5 Å². The molecule has 0 radical (unpaired) electrons. The van der Waals surface area contributed by atoms with Crippen molar-refractivity contribution in [1.82, 2.24) is 25.0 Å². The largest absolute Gasteiger partial charge is 0.493 e. The van der Waals surface area contributed by atoms with Crippen molar-refractivity contribution in [2.75, 3.05) is 14.2 Å². The molecule has 0 saturated carbocycles. The molecule has 2 heterocycles. The van der Waals surface area contributed by atoms with Crippen molar-refractivity contribution >= 4 is 33.5 Å². The number of fused-ring (bicyclic) bond motifs is 2. The number of hydrogen-bond acceptors (Lipinski definition) is 6. The maximum absolute atomic E-state index is 6.11. The van der Waals surface area contributed by atoms with Gasteiger partial charge < -0.3 is 9.47 Å². The average Bonchev–Trinajstić information content (AvgIpc) is 3.03. The van der Waals surface area contributed by atoms with Gasteiger partial charge in [0.1, 0.15) is 5.52 Å². The molecule has 24 heavy (non-hydrogen) atoms. The van der Waals surface area contributed by atoms with E-state index in [1.807, 2.05) is 24.3 Å². The standard InChI is InChI=1S/C16H12ClN5O2/c1-23-13-7-9-11(8-14(13)24-2)18-16(17)19-15(9)22-12-6-4-3-5-10(12)20-21-22/h3-8H,1-2H3. The monoisotopic (exact) mass is 341 g/mol. The molecule has 2 aromatic carbocycles. The van der Waals surface area contributed by atoms with Gasteiger partial charge >= 0.3 is 0 Å². The van der Waals surface area contributed by atoms with Crippen LogP contribution in [-0.4, -0.2) is 39.2 Å². The Morgan fingerprint density at radius 1 is 0.958 bits per heavy atom. The SMILES string of the molecule is COc1cc2nc(Cl)nc(-n3nnc4ccccc43)c2cc1OC. The van der Waals surface area contributed by atoms with Crippen molar-refractivity contribution in [3.63, 3.8) is 0 Å². The van der Waals surface area contributed by atoms with Crippen LogP contribution in [0.5, 0.6) is 11.5 Å². The number of hydrogen-bond donors (Lipinski definition) is 0. The zero-order valence-corrected chi connectivity index (χ0v) is 13.7. The summed E-state index contributed by atoms with van der Waals surface area (Å²) < 4.78 is 12.3. The smallest absolute Gasteiger partial charge is 0.224 e. The summed E-state index contributed by atoms with van der Waals surface area (Å²) in [6, 6.07) is 11.2. The maximum atomic E-state index is 6.11. The summed E-state index contributed by atoms with van der Waals surface area (Å²) in [5.41, 5.74) is 2.21. The predicted molar refractivity (Wildman–Crippen MR) is 90.1 cm³/mol. The van der Waals surface area contributed by atoms with Crippen LogP contribution in [-0.2, 0) is 0 Å². The minimum Gasteiger partial charge on any atom is -0.493 e. The molecule has 0 saturated heterocycles. The fraction of sp³-hybridized carbons (Fsp3) is 0.125. The Morgan fingerprint density at radius 3 is 2.50 bits per heavy atom. The third kappa shape index (κ3) is 2.21. The second-order valence-corrected chi connectivity index (χ2v) is 5.37. The van der Waals surface area contributed by atoms with E-state index >= 15 is 0 Å². The molecule has 0 fully saturated rings. The first-order chi connectivity index (χ1) is 11.7. The number of aromatic nitrogens is 5. The second-order valence-electron chi connectivity index (χ2n) is 5.03. The lowest BCUT2D eigenvalue weighted by Crippen LogP contribution is -2.03. The summed E-state index contributed by atoms with van der Waals surface area (Å²) in [7, 11) is 3.14. The first-order valence-electron chi connectivity index (χ1n) is 7.11. The molecule has 120 valence electrons. The lowest BCUT2D eigenvalue weighted by atomic mass is 10.2. The summed E-state index contributed by atoms with van der Waals surface area (Å²) >= 11 is 6.11. The molecule has 0 N–H and O–H groups in total. The molecule has 0 bridgehead atoms.